The van der Waals surface area contributed by atoms with Crippen molar-refractivity contribution < 1.29 is 9.59 Å². The predicted molar refractivity (Wildman–Crippen MR) is 142 cm³/mol. The second kappa shape index (κ2) is 10.1. The smallest absolute Gasteiger partial charge is 0.265 e. The van der Waals surface area contributed by atoms with Gasteiger partial charge >= 0.3 is 0 Å². The van der Waals surface area contributed by atoms with Gasteiger partial charge in [-0.25, -0.2) is 0 Å². The van der Waals surface area contributed by atoms with Crippen LogP contribution in [-0.2, 0) is 11.2 Å². The van der Waals surface area contributed by atoms with Gasteiger partial charge in [-0.05, 0) is 55.1 Å². The molecule has 2 aromatic heterocycles. The molecule has 0 spiro atoms. The number of H-pyrrole nitrogens is 1. The van der Waals surface area contributed by atoms with Crippen molar-refractivity contribution in [2.75, 3.05) is 48.8 Å². The summed E-state index contributed by atoms with van der Waals surface area (Å²) >= 11 is 7.20. The molecule has 2 amide bonds. The number of hydrogen-bond acceptors (Lipinski definition) is 6. The van der Waals surface area contributed by atoms with Crippen LogP contribution in [0.2, 0.25) is 5.02 Å². The van der Waals surface area contributed by atoms with Gasteiger partial charge in [0.15, 0.2) is 5.82 Å². The van der Waals surface area contributed by atoms with E-state index in [0.29, 0.717) is 21.1 Å². The lowest BCUT2D eigenvalue weighted by Gasteiger charge is -2.34. The van der Waals surface area contributed by atoms with E-state index in [9.17, 15) is 9.59 Å². The molecule has 5 rings (SSSR count). The van der Waals surface area contributed by atoms with E-state index in [-0.39, 0.29) is 18.2 Å². The van der Waals surface area contributed by atoms with Gasteiger partial charge < -0.3 is 20.4 Å². The summed E-state index contributed by atoms with van der Waals surface area (Å²) in [5, 5.41) is 14.2. The first-order valence-electron chi connectivity index (χ1n) is 11.3. The van der Waals surface area contributed by atoms with Crippen LogP contribution in [0, 0.1) is 0 Å². The highest BCUT2D eigenvalue weighted by molar-refractivity contribution is 7.20. The number of carbonyl (C=O) groups is 2. The Labute approximate surface area is 211 Å². The van der Waals surface area contributed by atoms with Gasteiger partial charge in [0.05, 0.1) is 16.7 Å². The molecule has 0 aliphatic carbocycles. The average Bonchev–Trinajstić information content (AvgIpc) is 3.44. The van der Waals surface area contributed by atoms with E-state index in [1.807, 2.05) is 36.4 Å². The molecule has 35 heavy (non-hydrogen) atoms. The van der Waals surface area contributed by atoms with Gasteiger partial charge in [-0.2, -0.15) is 5.10 Å². The normalized spacial score (nSPS) is 14.3. The minimum atomic E-state index is -0.203. The lowest BCUT2D eigenvalue weighted by Crippen LogP contribution is -2.44. The zero-order valence-electron chi connectivity index (χ0n) is 19.2. The van der Waals surface area contributed by atoms with Crippen LogP contribution in [-0.4, -0.2) is 60.1 Å². The molecule has 180 valence electrons. The molecule has 1 fully saturated rings. The number of aromatic amines is 1. The first-order chi connectivity index (χ1) is 16.9. The van der Waals surface area contributed by atoms with E-state index in [0.717, 1.165) is 47.9 Å². The lowest BCUT2D eigenvalue weighted by atomic mass is 10.1. The van der Waals surface area contributed by atoms with Crippen molar-refractivity contribution in [3.63, 3.8) is 0 Å². The van der Waals surface area contributed by atoms with Crippen LogP contribution in [0.5, 0.6) is 0 Å². The Bertz CT molecular complexity index is 1340. The van der Waals surface area contributed by atoms with Gasteiger partial charge in [0, 0.05) is 42.6 Å². The fourth-order valence-corrected chi connectivity index (χ4v) is 5.02. The van der Waals surface area contributed by atoms with Crippen LogP contribution in [0.3, 0.4) is 0 Å². The standard InChI is InChI=1S/C25H25ClN6O2S/c1-31-10-12-32(13-11-31)19-8-6-18(7-9-19)27-24(34)21-15-20-23(29-30-25(20)35-21)28-22(33)14-16-2-4-17(26)5-3-16/h2-9,15H,10-14H2,1H3,(H,27,34)(H2,28,29,30,33). The number of aromatic nitrogens is 2. The molecule has 1 aliphatic heterocycles. The number of nitrogens with one attached hydrogen (secondary N) is 3. The Hall–Kier alpha value is -3.40. The van der Waals surface area contributed by atoms with Gasteiger partial charge in [-0.3, -0.25) is 14.7 Å². The number of thiophene rings is 1. The Morgan fingerprint density at radius 1 is 1.03 bits per heavy atom. The minimum Gasteiger partial charge on any atom is -0.369 e. The first kappa shape index (κ1) is 23.3. The molecule has 0 unspecified atom stereocenters. The number of anilines is 3. The van der Waals surface area contributed by atoms with Crippen molar-refractivity contribution >= 4 is 62.2 Å². The number of benzene rings is 2. The maximum atomic E-state index is 12.9. The number of hydrogen-bond donors (Lipinski definition) is 3. The quantitative estimate of drug-likeness (QED) is 0.357. The summed E-state index contributed by atoms with van der Waals surface area (Å²) in [5.74, 6) is 0.00884. The van der Waals surface area contributed by atoms with Gasteiger partial charge in [0.1, 0.15) is 4.83 Å². The first-order valence-corrected chi connectivity index (χ1v) is 12.5. The zero-order valence-corrected chi connectivity index (χ0v) is 20.7. The molecular formula is C25H25ClN6O2S. The monoisotopic (exact) mass is 508 g/mol. The Morgan fingerprint density at radius 2 is 1.74 bits per heavy atom. The van der Waals surface area contributed by atoms with Crippen LogP contribution in [0.1, 0.15) is 15.2 Å². The molecule has 10 heteroatoms. The van der Waals surface area contributed by atoms with Crippen molar-refractivity contribution in [3.05, 3.63) is 70.1 Å². The summed E-state index contributed by atoms with van der Waals surface area (Å²) in [4.78, 5) is 31.3. The molecule has 1 saturated heterocycles. The number of amides is 2. The fourth-order valence-electron chi connectivity index (χ4n) is 4.00. The Kier molecular flexibility index (Phi) is 6.72. The SMILES string of the molecule is CN1CCN(c2ccc(NC(=O)c3cc4c(NC(=O)Cc5ccc(Cl)cc5)n[nH]c4s3)cc2)CC1. The number of nitrogens with zero attached hydrogens (tertiary/aromatic N) is 3. The lowest BCUT2D eigenvalue weighted by molar-refractivity contribution is -0.115. The third-order valence-electron chi connectivity index (χ3n) is 6.01. The highest BCUT2D eigenvalue weighted by atomic mass is 35.5. The molecule has 0 bridgehead atoms. The van der Waals surface area contributed by atoms with Gasteiger partial charge in [-0.15, -0.1) is 11.3 Å². The summed E-state index contributed by atoms with van der Waals surface area (Å²) in [6.45, 7) is 4.08. The minimum absolute atomic E-state index is 0.196. The van der Waals surface area contributed by atoms with Gasteiger partial charge in [0.25, 0.3) is 5.91 Å². The van der Waals surface area contributed by atoms with Crippen molar-refractivity contribution in [2.24, 2.45) is 0 Å². The summed E-state index contributed by atoms with van der Waals surface area (Å²) in [6, 6.07) is 16.8. The average molecular weight is 509 g/mol. The summed E-state index contributed by atoms with van der Waals surface area (Å²) < 4.78 is 0. The fraction of sp³-hybridized carbons (Fsp3) is 0.240. The number of rotatable bonds is 6. The zero-order chi connectivity index (χ0) is 24.4. The molecule has 0 saturated carbocycles. The van der Waals surface area contributed by atoms with Gasteiger partial charge in [0.2, 0.25) is 5.91 Å². The van der Waals surface area contributed by atoms with E-state index in [2.05, 4.69) is 37.7 Å². The summed E-state index contributed by atoms with van der Waals surface area (Å²) in [7, 11) is 2.14. The number of piperazine rings is 1. The van der Waals surface area contributed by atoms with E-state index in [1.54, 1.807) is 18.2 Å². The summed E-state index contributed by atoms with van der Waals surface area (Å²) in [5.41, 5.74) is 2.74. The number of likely N-dealkylation sites (N-methyl/N-ethyl adjacent to an activating group) is 1. The third-order valence-corrected chi connectivity index (χ3v) is 7.30. The number of fused-ring (bicyclic) bond motifs is 1. The molecule has 0 radical (unpaired) electrons. The molecule has 0 atom stereocenters. The van der Waals surface area contributed by atoms with E-state index in [1.165, 1.54) is 11.3 Å². The van der Waals surface area contributed by atoms with E-state index in [4.69, 9.17) is 11.6 Å². The van der Waals surface area contributed by atoms with Crippen molar-refractivity contribution in [2.45, 2.75) is 6.42 Å². The Balaban J connectivity index is 1.22. The highest BCUT2D eigenvalue weighted by Gasteiger charge is 2.18. The molecule has 2 aromatic carbocycles. The topological polar surface area (TPSA) is 93.4 Å². The van der Waals surface area contributed by atoms with Crippen LogP contribution in [0.15, 0.2) is 54.6 Å². The second-order valence-corrected chi connectivity index (χ2v) is 10.1. The highest BCUT2D eigenvalue weighted by Crippen LogP contribution is 2.30. The van der Waals surface area contributed by atoms with Crippen LogP contribution >= 0.6 is 22.9 Å². The molecule has 3 N–H and O–H groups in total. The maximum Gasteiger partial charge on any atom is 0.265 e. The molecule has 4 aromatic rings. The summed E-state index contributed by atoms with van der Waals surface area (Å²) in [6.07, 6.45) is 0.202. The molecule has 1 aliphatic rings. The third kappa shape index (κ3) is 5.48. The van der Waals surface area contributed by atoms with Crippen molar-refractivity contribution in [1.82, 2.24) is 15.1 Å². The van der Waals surface area contributed by atoms with Crippen LogP contribution in [0.25, 0.3) is 10.2 Å². The van der Waals surface area contributed by atoms with Crippen LogP contribution < -0.4 is 15.5 Å². The van der Waals surface area contributed by atoms with Crippen LogP contribution in [0.4, 0.5) is 17.2 Å². The number of halogens is 1. The maximum absolute atomic E-state index is 12.9. The van der Waals surface area contributed by atoms with Crippen molar-refractivity contribution in [3.8, 4) is 0 Å². The van der Waals surface area contributed by atoms with E-state index >= 15 is 0 Å². The molecule has 8 nitrogen and oxygen atoms in total. The van der Waals surface area contributed by atoms with E-state index < -0.39 is 0 Å². The molecule has 3 heterocycles. The Morgan fingerprint density at radius 3 is 2.46 bits per heavy atom. The molecular weight excluding hydrogens is 484 g/mol. The predicted octanol–water partition coefficient (Wildman–Crippen LogP) is 4.46. The largest absolute Gasteiger partial charge is 0.369 e. The van der Waals surface area contributed by atoms with Gasteiger partial charge in [-0.1, -0.05) is 23.7 Å². The van der Waals surface area contributed by atoms with Crippen molar-refractivity contribution in [1.29, 1.82) is 0 Å². The second-order valence-electron chi connectivity index (χ2n) is 8.57. The number of carbonyl (C=O) groups excluding carboxylic acids is 2.